The predicted molar refractivity (Wildman–Crippen MR) is 131 cm³/mol. The normalized spacial score (nSPS) is 18.8. The molecule has 32 heavy (non-hydrogen) atoms. The van der Waals surface area contributed by atoms with E-state index >= 15 is 0 Å². The molecular weight excluding hydrogens is 496 g/mol. The van der Waals surface area contributed by atoms with Crippen LogP contribution >= 0.6 is 27.5 Å². The van der Waals surface area contributed by atoms with Crippen LogP contribution in [0.5, 0.6) is 0 Å². The molecule has 3 rings (SSSR count). The van der Waals surface area contributed by atoms with Crippen LogP contribution in [-0.2, 0) is 10.5 Å². The summed E-state index contributed by atoms with van der Waals surface area (Å²) in [7, 11) is 0. The monoisotopic (exact) mass is 522 g/mol. The smallest absolute Gasteiger partial charge is 0.329 e. The first-order valence-electron chi connectivity index (χ1n) is 10.6. The molecule has 0 fully saturated rings. The van der Waals surface area contributed by atoms with Crippen molar-refractivity contribution in [2.45, 2.75) is 26.5 Å². The third-order valence-electron chi connectivity index (χ3n) is 5.60. The minimum atomic E-state index is -2.25. The third-order valence-corrected chi connectivity index (χ3v) is 6.35. The molecule has 0 bridgehead atoms. The molecule has 0 aromatic heterocycles. The average Bonchev–Trinajstić information content (AvgIpc) is 2.77. The maximum Gasteiger partial charge on any atom is 0.329 e. The largest absolute Gasteiger partial charge is 0.359 e. The Morgan fingerprint density at radius 3 is 2.53 bits per heavy atom. The van der Waals surface area contributed by atoms with Gasteiger partial charge < -0.3 is 20.6 Å². The third kappa shape index (κ3) is 4.93. The molecule has 2 aromatic rings. The van der Waals surface area contributed by atoms with Crippen LogP contribution in [0.2, 0.25) is 5.02 Å². The quantitative estimate of drug-likeness (QED) is 0.479. The van der Waals surface area contributed by atoms with Gasteiger partial charge in [0.1, 0.15) is 0 Å². The van der Waals surface area contributed by atoms with Gasteiger partial charge in [-0.15, -0.1) is 0 Å². The van der Waals surface area contributed by atoms with Crippen LogP contribution in [0.3, 0.4) is 0 Å². The molecule has 9 heteroatoms. The number of hydrogen-bond acceptors (Lipinski definition) is 4. The van der Waals surface area contributed by atoms with Crippen molar-refractivity contribution in [2.24, 2.45) is 5.92 Å². The van der Waals surface area contributed by atoms with Gasteiger partial charge in [-0.25, -0.2) is 4.79 Å². The molecule has 2 aromatic carbocycles. The molecule has 2 atom stereocenters. The highest BCUT2D eigenvalue weighted by atomic mass is 79.9. The summed E-state index contributed by atoms with van der Waals surface area (Å²) in [4.78, 5) is 29.8. The van der Waals surface area contributed by atoms with E-state index in [1.54, 1.807) is 42.5 Å². The minimum Gasteiger partial charge on any atom is -0.359 e. The summed E-state index contributed by atoms with van der Waals surface area (Å²) in [6, 6.07) is 10.8. The van der Waals surface area contributed by atoms with Crippen molar-refractivity contribution in [2.75, 3.05) is 36.4 Å². The molecular formula is C23H28BrClN4O3. The predicted octanol–water partition coefficient (Wildman–Crippen LogP) is 4.39. The first kappa shape index (κ1) is 24.5. The fourth-order valence-corrected chi connectivity index (χ4v) is 4.33. The van der Waals surface area contributed by atoms with Crippen molar-refractivity contribution < 1.29 is 14.7 Å². The molecule has 1 aliphatic heterocycles. The second-order valence-corrected chi connectivity index (χ2v) is 9.26. The Morgan fingerprint density at radius 2 is 1.91 bits per heavy atom. The Morgan fingerprint density at radius 1 is 1.25 bits per heavy atom. The van der Waals surface area contributed by atoms with E-state index < -0.39 is 17.7 Å². The molecule has 3 amide bonds. The molecule has 172 valence electrons. The number of carbonyl (C=O) groups is 2. The van der Waals surface area contributed by atoms with Crippen LogP contribution in [0.1, 0.15) is 26.3 Å². The molecule has 0 unspecified atom stereocenters. The lowest BCUT2D eigenvalue weighted by molar-refractivity contribution is -0.140. The van der Waals surface area contributed by atoms with Crippen molar-refractivity contribution in [1.29, 1.82) is 0 Å². The van der Waals surface area contributed by atoms with Crippen LogP contribution in [0, 0.1) is 5.92 Å². The SMILES string of the molecule is CCN(CC)C[C@@H](C)CNC(=O)[C@@]1(O)c2cc(Br)ccc2NC(=O)N1c1ccc(Cl)cc1. The zero-order valence-electron chi connectivity index (χ0n) is 18.4. The van der Waals surface area contributed by atoms with Gasteiger partial charge in [0.05, 0.1) is 5.69 Å². The number of benzene rings is 2. The molecule has 7 nitrogen and oxygen atoms in total. The fraction of sp³-hybridized carbons (Fsp3) is 0.391. The van der Waals surface area contributed by atoms with Gasteiger partial charge in [0.25, 0.3) is 11.6 Å². The van der Waals surface area contributed by atoms with Crippen LogP contribution < -0.4 is 15.5 Å². The highest BCUT2D eigenvalue weighted by Gasteiger charge is 2.52. The van der Waals surface area contributed by atoms with Gasteiger partial charge >= 0.3 is 6.03 Å². The maximum atomic E-state index is 13.5. The Kier molecular flexibility index (Phi) is 7.82. The average molecular weight is 524 g/mol. The number of anilines is 2. The maximum absolute atomic E-state index is 13.5. The molecule has 1 heterocycles. The number of fused-ring (bicyclic) bond motifs is 1. The number of nitrogens with zero attached hydrogens (tertiary/aromatic N) is 2. The number of rotatable bonds is 8. The summed E-state index contributed by atoms with van der Waals surface area (Å²) >= 11 is 9.40. The molecule has 0 aliphatic carbocycles. The lowest BCUT2D eigenvalue weighted by Gasteiger charge is -2.43. The van der Waals surface area contributed by atoms with Gasteiger partial charge in [-0.2, -0.15) is 0 Å². The summed E-state index contributed by atoms with van der Waals surface area (Å²) in [5, 5.41) is 17.9. The Hall–Kier alpha value is -2.13. The molecule has 0 saturated carbocycles. The Labute approximate surface area is 201 Å². The van der Waals surface area contributed by atoms with E-state index in [2.05, 4.69) is 45.3 Å². The van der Waals surface area contributed by atoms with Crippen LogP contribution in [-0.4, -0.2) is 48.1 Å². The molecule has 0 saturated heterocycles. The van der Waals surface area contributed by atoms with E-state index in [0.29, 0.717) is 27.4 Å². The zero-order valence-corrected chi connectivity index (χ0v) is 20.7. The number of aliphatic hydroxyl groups is 1. The van der Waals surface area contributed by atoms with Gasteiger partial charge in [-0.05, 0) is 61.5 Å². The standard InChI is InChI=1S/C23H28BrClN4O3/c1-4-28(5-2)14-15(3)13-26-21(30)23(32)19-12-16(24)6-11-20(19)27-22(31)29(23)18-9-7-17(25)8-10-18/h6-12,15,32H,4-5,13-14H2,1-3H3,(H,26,30)(H,27,31)/t15-,23-/m0/s1. The van der Waals surface area contributed by atoms with Crippen LogP contribution in [0.25, 0.3) is 0 Å². The van der Waals surface area contributed by atoms with E-state index in [1.165, 1.54) is 0 Å². The van der Waals surface area contributed by atoms with Gasteiger partial charge in [-0.3, -0.25) is 9.69 Å². The lowest BCUT2D eigenvalue weighted by Crippen LogP contribution is -2.63. The lowest BCUT2D eigenvalue weighted by atomic mass is 9.94. The van der Waals surface area contributed by atoms with E-state index in [-0.39, 0.29) is 11.5 Å². The van der Waals surface area contributed by atoms with E-state index in [9.17, 15) is 14.7 Å². The number of carbonyl (C=O) groups excluding carboxylic acids is 2. The Bertz CT molecular complexity index is 984. The van der Waals surface area contributed by atoms with Crippen molar-refractivity contribution in [3.63, 3.8) is 0 Å². The number of hydrogen-bond donors (Lipinski definition) is 3. The summed E-state index contributed by atoms with van der Waals surface area (Å²) < 4.78 is 0.671. The fourth-order valence-electron chi connectivity index (χ4n) is 3.85. The Balaban J connectivity index is 1.97. The first-order valence-corrected chi connectivity index (χ1v) is 11.8. The summed E-state index contributed by atoms with van der Waals surface area (Å²) in [6.45, 7) is 9.24. The van der Waals surface area contributed by atoms with Gasteiger partial charge in [0.15, 0.2) is 0 Å². The number of amides is 3. The second kappa shape index (κ2) is 10.2. The van der Waals surface area contributed by atoms with E-state index in [1.807, 2.05) is 6.92 Å². The van der Waals surface area contributed by atoms with Gasteiger partial charge in [-0.1, -0.05) is 48.3 Å². The van der Waals surface area contributed by atoms with Crippen molar-refractivity contribution in [3.8, 4) is 0 Å². The number of halogens is 2. The topological polar surface area (TPSA) is 84.9 Å². The van der Waals surface area contributed by atoms with Crippen molar-refractivity contribution in [1.82, 2.24) is 10.2 Å². The van der Waals surface area contributed by atoms with Gasteiger partial charge in [0.2, 0.25) is 0 Å². The second-order valence-electron chi connectivity index (χ2n) is 7.91. The molecule has 0 radical (unpaired) electrons. The summed E-state index contributed by atoms with van der Waals surface area (Å²) in [6.07, 6.45) is 0. The summed E-state index contributed by atoms with van der Waals surface area (Å²) in [5.74, 6) is -0.515. The zero-order chi connectivity index (χ0) is 23.5. The molecule has 0 spiro atoms. The first-order chi connectivity index (χ1) is 15.2. The van der Waals surface area contributed by atoms with Crippen molar-refractivity contribution >= 4 is 50.8 Å². The van der Waals surface area contributed by atoms with Crippen LogP contribution in [0.15, 0.2) is 46.9 Å². The highest BCUT2D eigenvalue weighted by molar-refractivity contribution is 9.10. The summed E-state index contributed by atoms with van der Waals surface area (Å²) in [5.41, 5.74) is -1.26. The number of nitrogens with one attached hydrogen (secondary N) is 2. The van der Waals surface area contributed by atoms with E-state index in [4.69, 9.17) is 11.6 Å². The highest BCUT2D eigenvalue weighted by Crippen LogP contribution is 2.41. The van der Waals surface area contributed by atoms with Gasteiger partial charge in [0, 0.05) is 33.8 Å². The van der Waals surface area contributed by atoms with E-state index in [0.717, 1.165) is 24.5 Å². The molecule has 3 N–H and O–H groups in total. The van der Waals surface area contributed by atoms with Crippen molar-refractivity contribution in [3.05, 3.63) is 57.5 Å². The van der Waals surface area contributed by atoms with Crippen LogP contribution in [0.4, 0.5) is 16.2 Å². The minimum absolute atomic E-state index is 0.158. The number of urea groups is 1. The molecule has 1 aliphatic rings.